The van der Waals surface area contributed by atoms with Gasteiger partial charge in [0.2, 0.25) is 0 Å². The number of carbonyl (C=O) groups is 1. The van der Waals surface area contributed by atoms with Gasteiger partial charge in [0.15, 0.2) is 11.0 Å². The van der Waals surface area contributed by atoms with Crippen LogP contribution in [0.15, 0.2) is 53.7 Å². The van der Waals surface area contributed by atoms with E-state index in [1.807, 2.05) is 49.7 Å². The number of rotatable bonds is 6. The van der Waals surface area contributed by atoms with Crippen molar-refractivity contribution in [1.29, 1.82) is 0 Å². The number of thioether (sulfide) groups is 1. The van der Waals surface area contributed by atoms with E-state index in [-0.39, 0.29) is 11.9 Å². The van der Waals surface area contributed by atoms with Crippen molar-refractivity contribution in [3.05, 3.63) is 76.6 Å². The number of hydrogen-bond acceptors (Lipinski definition) is 4. The van der Waals surface area contributed by atoms with Gasteiger partial charge in [-0.05, 0) is 38.0 Å². The second-order valence-electron chi connectivity index (χ2n) is 6.68. The average Bonchev–Trinajstić information content (AvgIpc) is 3.02. The van der Waals surface area contributed by atoms with E-state index in [0.29, 0.717) is 5.56 Å². The lowest BCUT2D eigenvalue weighted by Crippen LogP contribution is -2.29. The number of amides is 1. The summed E-state index contributed by atoms with van der Waals surface area (Å²) in [5, 5.41) is 12.4. The standard InChI is InChI=1S/C21H24N4OS/c1-14-9-11-17(12-10-14)13-27-21-24-23-19(25(21)4)16(3)22-20(26)18-8-6-5-7-15(18)2/h5-12,16H,13H2,1-4H3,(H,22,26)/t16-/m0/s1. The molecule has 0 aliphatic carbocycles. The third-order valence-electron chi connectivity index (χ3n) is 4.48. The highest BCUT2D eigenvalue weighted by Crippen LogP contribution is 2.23. The number of carbonyl (C=O) groups excluding carboxylic acids is 1. The molecule has 27 heavy (non-hydrogen) atoms. The molecule has 0 aliphatic heterocycles. The molecular formula is C21H24N4OS. The van der Waals surface area contributed by atoms with Crippen LogP contribution < -0.4 is 5.32 Å². The first-order valence-electron chi connectivity index (χ1n) is 8.90. The van der Waals surface area contributed by atoms with Crippen LogP contribution in [0.2, 0.25) is 0 Å². The minimum atomic E-state index is -0.233. The molecule has 1 aromatic heterocycles. The van der Waals surface area contributed by atoms with Crippen molar-refractivity contribution in [2.24, 2.45) is 7.05 Å². The summed E-state index contributed by atoms with van der Waals surface area (Å²) in [6.07, 6.45) is 0. The summed E-state index contributed by atoms with van der Waals surface area (Å²) in [6.45, 7) is 5.94. The summed E-state index contributed by atoms with van der Waals surface area (Å²) in [5.74, 6) is 1.47. The minimum absolute atomic E-state index is 0.0996. The topological polar surface area (TPSA) is 59.8 Å². The van der Waals surface area contributed by atoms with Crippen LogP contribution in [0, 0.1) is 13.8 Å². The Labute approximate surface area is 164 Å². The minimum Gasteiger partial charge on any atom is -0.342 e. The first-order valence-corrected chi connectivity index (χ1v) is 9.88. The van der Waals surface area contributed by atoms with Crippen molar-refractivity contribution in [1.82, 2.24) is 20.1 Å². The van der Waals surface area contributed by atoms with Crippen LogP contribution >= 0.6 is 11.8 Å². The highest BCUT2D eigenvalue weighted by atomic mass is 32.2. The molecule has 1 heterocycles. The van der Waals surface area contributed by atoms with Crippen LogP contribution in [0.4, 0.5) is 0 Å². The first-order chi connectivity index (χ1) is 13.0. The molecule has 6 heteroatoms. The fourth-order valence-electron chi connectivity index (χ4n) is 2.83. The van der Waals surface area contributed by atoms with Crippen LogP contribution in [0.25, 0.3) is 0 Å². The van der Waals surface area contributed by atoms with Gasteiger partial charge in [0.05, 0.1) is 6.04 Å². The van der Waals surface area contributed by atoms with Crippen LogP contribution in [0.1, 0.15) is 45.8 Å². The molecule has 1 amide bonds. The monoisotopic (exact) mass is 380 g/mol. The lowest BCUT2D eigenvalue weighted by Gasteiger charge is -2.14. The van der Waals surface area contributed by atoms with E-state index in [1.54, 1.807) is 11.8 Å². The molecule has 5 nitrogen and oxygen atoms in total. The Kier molecular flexibility index (Phi) is 5.96. The van der Waals surface area contributed by atoms with Crippen LogP contribution in [-0.4, -0.2) is 20.7 Å². The normalized spacial score (nSPS) is 12.0. The van der Waals surface area contributed by atoms with E-state index in [1.165, 1.54) is 11.1 Å². The van der Waals surface area contributed by atoms with Gasteiger partial charge in [0, 0.05) is 18.4 Å². The molecule has 1 atom stereocenters. The molecule has 0 aliphatic rings. The van der Waals surface area contributed by atoms with Gasteiger partial charge in [0.25, 0.3) is 5.91 Å². The number of benzene rings is 2. The quantitative estimate of drug-likeness (QED) is 0.651. The predicted octanol–water partition coefficient (Wildman–Crippen LogP) is 4.22. The van der Waals surface area contributed by atoms with E-state index >= 15 is 0 Å². The summed E-state index contributed by atoms with van der Waals surface area (Å²) in [4.78, 5) is 12.5. The number of hydrogen-bond donors (Lipinski definition) is 1. The number of nitrogens with zero attached hydrogens (tertiary/aromatic N) is 3. The van der Waals surface area contributed by atoms with Gasteiger partial charge >= 0.3 is 0 Å². The van der Waals surface area contributed by atoms with Crippen molar-refractivity contribution in [3.8, 4) is 0 Å². The molecule has 0 spiro atoms. The highest BCUT2D eigenvalue weighted by Gasteiger charge is 2.19. The first kappa shape index (κ1) is 19.2. The Morgan fingerprint density at radius 3 is 2.52 bits per heavy atom. The lowest BCUT2D eigenvalue weighted by molar-refractivity contribution is 0.0937. The van der Waals surface area contributed by atoms with Crippen molar-refractivity contribution in [3.63, 3.8) is 0 Å². The highest BCUT2D eigenvalue weighted by molar-refractivity contribution is 7.98. The molecule has 0 saturated heterocycles. The Morgan fingerprint density at radius 1 is 1.11 bits per heavy atom. The van der Waals surface area contributed by atoms with Crippen molar-refractivity contribution in [2.45, 2.75) is 37.7 Å². The molecule has 2 aromatic carbocycles. The SMILES string of the molecule is Cc1ccc(CSc2nnc([C@H](C)NC(=O)c3ccccc3C)n2C)cc1. The Morgan fingerprint density at radius 2 is 1.81 bits per heavy atom. The van der Waals surface area contributed by atoms with Gasteiger partial charge in [-0.1, -0.05) is 59.8 Å². The summed E-state index contributed by atoms with van der Waals surface area (Å²) in [5.41, 5.74) is 4.13. The van der Waals surface area contributed by atoms with E-state index in [9.17, 15) is 4.79 Å². The smallest absolute Gasteiger partial charge is 0.252 e. The van der Waals surface area contributed by atoms with Gasteiger partial charge in [0.1, 0.15) is 0 Å². The summed E-state index contributed by atoms with van der Waals surface area (Å²) in [7, 11) is 1.93. The maximum Gasteiger partial charge on any atom is 0.252 e. The molecule has 0 bridgehead atoms. The fraction of sp³-hybridized carbons (Fsp3) is 0.286. The van der Waals surface area contributed by atoms with Gasteiger partial charge in [-0.2, -0.15) is 0 Å². The molecule has 1 N–H and O–H groups in total. The van der Waals surface area contributed by atoms with Crippen molar-refractivity contribution < 1.29 is 4.79 Å². The van der Waals surface area contributed by atoms with Crippen molar-refractivity contribution in [2.75, 3.05) is 0 Å². The zero-order valence-electron chi connectivity index (χ0n) is 16.1. The molecule has 3 rings (SSSR count). The van der Waals surface area contributed by atoms with Gasteiger partial charge in [-0.3, -0.25) is 4.79 Å². The molecule has 0 unspecified atom stereocenters. The van der Waals surface area contributed by atoms with Crippen LogP contribution in [0.3, 0.4) is 0 Å². The third kappa shape index (κ3) is 4.57. The summed E-state index contributed by atoms with van der Waals surface area (Å²) >= 11 is 1.64. The molecular weight excluding hydrogens is 356 g/mol. The van der Waals surface area contributed by atoms with E-state index in [4.69, 9.17) is 0 Å². The zero-order chi connectivity index (χ0) is 19.4. The summed E-state index contributed by atoms with van der Waals surface area (Å²) < 4.78 is 1.95. The van der Waals surface area contributed by atoms with Gasteiger partial charge in [-0.15, -0.1) is 10.2 Å². The number of nitrogens with one attached hydrogen (secondary N) is 1. The number of aromatic nitrogens is 3. The van der Waals surface area contributed by atoms with Crippen molar-refractivity contribution >= 4 is 17.7 Å². The Balaban J connectivity index is 1.66. The lowest BCUT2D eigenvalue weighted by atomic mass is 10.1. The average molecular weight is 381 g/mol. The Bertz CT molecular complexity index is 934. The second-order valence-corrected chi connectivity index (χ2v) is 7.63. The van der Waals surface area contributed by atoms with E-state index in [2.05, 4.69) is 46.7 Å². The Hall–Kier alpha value is -2.60. The third-order valence-corrected chi connectivity index (χ3v) is 5.57. The van der Waals surface area contributed by atoms with Gasteiger partial charge < -0.3 is 9.88 Å². The van der Waals surface area contributed by atoms with E-state index in [0.717, 1.165) is 22.3 Å². The molecule has 0 saturated carbocycles. The van der Waals surface area contributed by atoms with Crippen LogP contribution in [-0.2, 0) is 12.8 Å². The van der Waals surface area contributed by atoms with Crippen LogP contribution in [0.5, 0.6) is 0 Å². The summed E-state index contributed by atoms with van der Waals surface area (Å²) in [6, 6.07) is 15.8. The predicted molar refractivity (Wildman–Crippen MR) is 109 cm³/mol. The molecule has 140 valence electrons. The van der Waals surface area contributed by atoms with E-state index < -0.39 is 0 Å². The fourth-order valence-corrected chi connectivity index (χ4v) is 3.70. The number of aryl methyl sites for hydroxylation is 2. The molecule has 0 fully saturated rings. The molecule has 3 aromatic rings. The van der Waals surface area contributed by atoms with Gasteiger partial charge in [-0.25, -0.2) is 0 Å². The molecule has 0 radical (unpaired) electrons. The maximum absolute atomic E-state index is 12.5. The largest absolute Gasteiger partial charge is 0.342 e. The second kappa shape index (κ2) is 8.39. The maximum atomic E-state index is 12.5. The zero-order valence-corrected chi connectivity index (χ0v) is 16.9.